The molecule has 0 aliphatic rings. The zero-order valence-corrected chi connectivity index (χ0v) is 11.5. The van der Waals surface area contributed by atoms with Crippen LogP contribution in [0, 0.1) is 0 Å². The number of benzene rings is 1. The van der Waals surface area contributed by atoms with E-state index in [4.69, 9.17) is 4.74 Å². The molecule has 100 valence electrons. The summed E-state index contributed by atoms with van der Waals surface area (Å²) in [7, 11) is 0. The van der Waals surface area contributed by atoms with Gasteiger partial charge in [-0.05, 0) is 31.0 Å². The molecule has 1 N–H and O–H groups in total. The third kappa shape index (κ3) is 3.71. The predicted octanol–water partition coefficient (Wildman–Crippen LogP) is 3.65. The van der Waals surface area contributed by atoms with Crippen molar-refractivity contribution in [3.63, 3.8) is 0 Å². The quantitative estimate of drug-likeness (QED) is 0.856. The van der Waals surface area contributed by atoms with Crippen molar-refractivity contribution in [2.45, 2.75) is 26.9 Å². The maximum absolute atomic E-state index is 5.85. The van der Waals surface area contributed by atoms with Gasteiger partial charge in [-0.15, -0.1) is 0 Å². The minimum absolute atomic E-state index is 0.552. The molecule has 0 saturated carbocycles. The zero-order chi connectivity index (χ0) is 13.5. The van der Waals surface area contributed by atoms with Gasteiger partial charge >= 0.3 is 0 Å². The monoisotopic (exact) mass is 256 g/mol. The maximum atomic E-state index is 5.85. The second-order valence-electron chi connectivity index (χ2n) is 4.33. The van der Waals surface area contributed by atoms with Gasteiger partial charge in [0.2, 0.25) is 0 Å². The summed E-state index contributed by atoms with van der Waals surface area (Å²) in [6.45, 7) is 5.62. The molecule has 1 heterocycles. The fourth-order valence-corrected chi connectivity index (χ4v) is 1.89. The predicted molar refractivity (Wildman–Crippen MR) is 78.6 cm³/mol. The molecule has 0 saturated heterocycles. The number of hydrogen-bond donors (Lipinski definition) is 1. The Labute approximate surface area is 114 Å². The molecule has 0 spiro atoms. The van der Waals surface area contributed by atoms with Crippen LogP contribution in [0.25, 0.3) is 0 Å². The number of nitrogens with one attached hydrogen (secondary N) is 1. The van der Waals surface area contributed by atoms with E-state index in [2.05, 4.69) is 30.2 Å². The first-order valence-corrected chi connectivity index (χ1v) is 6.73. The van der Waals surface area contributed by atoms with Crippen LogP contribution in [0.15, 0.2) is 42.6 Å². The molecule has 3 nitrogen and oxygen atoms in total. The molecule has 0 atom stereocenters. The number of rotatable bonds is 6. The first-order chi connectivity index (χ1) is 9.33. The Balaban J connectivity index is 1.98. The molecule has 0 aliphatic carbocycles. The van der Waals surface area contributed by atoms with Crippen molar-refractivity contribution in [2.75, 3.05) is 11.9 Å². The van der Waals surface area contributed by atoms with Gasteiger partial charge in [-0.2, -0.15) is 0 Å². The van der Waals surface area contributed by atoms with E-state index in [9.17, 15) is 0 Å². The fourth-order valence-electron chi connectivity index (χ4n) is 1.89. The van der Waals surface area contributed by atoms with Crippen molar-refractivity contribution in [2.24, 2.45) is 0 Å². The summed E-state index contributed by atoms with van der Waals surface area (Å²) >= 11 is 0. The lowest BCUT2D eigenvalue weighted by Gasteiger charge is -2.10. The van der Waals surface area contributed by atoms with Crippen LogP contribution in [0.1, 0.15) is 25.0 Å². The number of ether oxygens (including phenoxy) is 1. The van der Waals surface area contributed by atoms with Crippen molar-refractivity contribution in [1.29, 1.82) is 0 Å². The summed E-state index contributed by atoms with van der Waals surface area (Å²) in [6, 6.07) is 12.2. The molecule has 0 bridgehead atoms. The van der Waals surface area contributed by atoms with Crippen molar-refractivity contribution in [1.82, 2.24) is 4.98 Å². The Morgan fingerprint density at radius 2 is 1.95 bits per heavy atom. The molecule has 2 aromatic rings. The molecule has 0 amide bonds. The number of nitrogens with zero attached hydrogens (tertiary/aromatic N) is 1. The second-order valence-corrected chi connectivity index (χ2v) is 4.33. The van der Waals surface area contributed by atoms with Gasteiger partial charge in [0.05, 0.1) is 0 Å². The minimum Gasteiger partial charge on any atom is -0.489 e. The van der Waals surface area contributed by atoms with Crippen LogP contribution in [0.2, 0.25) is 0 Å². The van der Waals surface area contributed by atoms with Gasteiger partial charge in [0, 0.05) is 18.3 Å². The highest BCUT2D eigenvalue weighted by Crippen LogP contribution is 2.19. The summed E-state index contributed by atoms with van der Waals surface area (Å²) < 4.78 is 5.85. The minimum atomic E-state index is 0.552. The summed E-state index contributed by atoms with van der Waals surface area (Å²) in [5.41, 5.74) is 2.31. The van der Waals surface area contributed by atoms with Crippen LogP contribution >= 0.6 is 0 Å². The van der Waals surface area contributed by atoms with Crippen LogP contribution in [-0.2, 0) is 13.0 Å². The molecule has 0 fully saturated rings. The van der Waals surface area contributed by atoms with E-state index in [1.54, 1.807) is 0 Å². The van der Waals surface area contributed by atoms with Crippen molar-refractivity contribution in [3.8, 4) is 5.75 Å². The van der Waals surface area contributed by atoms with E-state index < -0.39 is 0 Å². The maximum Gasteiger partial charge on any atom is 0.125 e. The molecule has 2 rings (SSSR count). The van der Waals surface area contributed by atoms with Gasteiger partial charge in [-0.3, -0.25) is 0 Å². The first kappa shape index (κ1) is 13.4. The summed E-state index contributed by atoms with van der Waals surface area (Å²) in [4.78, 5) is 4.33. The van der Waals surface area contributed by atoms with Gasteiger partial charge in [0.25, 0.3) is 0 Å². The molecule has 0 unspecified atom stereocenters. The summed E-state index contributed by atoms with van der Waals surface area (Å²) in [6.07, 6.45) is 2.83. The van der Waals surface area contributed by atoms with Crippen LogP contribution < -0.4 is 10.1 Å². The van der Waals surface area contributed by atoms with E-state index in [1.165, 1.54) is 5.56 Å². The molecule has 1 aromatic carbocycles. The molecule has 3 heteroatoms. The van der Waals surface area contributed by atoms with Crippen molar-refractivity contribution < 1.29 is 4.74 Å². The van der Waals surface area contributed by atoms with E-state index in [0.717, 1.165) is 30.1 Å². The molecule has 0 aliphatic heterocycles. The Kier molecular flexibility index (Phi) is 4.78. The number of pyridine rings is 1. The standard InChI is InChI=1S/C16H20N2O/c1-3-14-7-5-6-8-15(14)19-12-13-9-10-16(17-4-2)18-11-13/h5-11H,3-4,12H2,1-2H3,(H,17,18). The SMILES string of the molecule is CCNc1ccc(COc2ccccc2CC)cn1. The molecule has 0 radical (unpaired) electrons. The number of hydrogen-bond acceptors (Lipinski definition) is 3. The summed E-state index contributed by atoms with van der Waals surface area (Å²) in [5.74, 6) is 1.86. The third-order valence-corrected chi connectivity index (χ3v) is 2.93. The zero-order valence-electron chi connectivity index (χ0n) is 11.5. The lowest BCUT2D eigenvalue weighted by atomic mass is 10.1. The highest BCUT2D eigenvalue weighted by Gasteiger charge is 2.01. The molecule has 19 heavy (non-hydrogen) atoms. The Bertz CT molecular complexity index is 508. The Morgan fingerprint density at radius 1 is 1.11 bits per heavy atom. The van der Waals surface area contributed by atoms with Gasteiger partial charge in [0.1, 0.15) is 18.2 Å². The third-order valence-electron chi connectivity index (χ3n) is 2.93. The van der Waals surface area contributed by atoms with Gasteiger partial charge in [-0.25, -0.2) is 4.98 Å². The van der Waals surface area contributed by atoms with Crippen LogP contribution in [-0.4, -0.2) is 11.5 Å². The van der Waals surface area contributed by atoms with E-state index in [-0.39, 0.29) is 0 Å². The second kappa shape index (κ2) is 6.78. The Morgan fingerprint density at radius 3 is 2.63 bits per heavy atom. The van der Waals surface area contributed by atoms with Gasteiger partial charge < -0.3 is 10.1 Å². The number of aromatic nitrogens is 1. The number of anilines is 1. The van der Waals surface area contributed by atoms with E-state index >= 15 is 0 Å². The number of aryl methyl sites for hydroxylation is 1. The fraction of sp³-hybridized carbons (Fsp3) is 0.312. The molecular weight excluding hydrogens is 236 g/mol. The molecule has 1 aromatic heterocycles. The lowest BCUT2D eigenvalue weighted by Crippen LogP contribution is -2.01. The Hall–Kier alpha value is -2.03. The lowest BCUT2D eigenvalue weighted by molar-refractivity contribution is 0.303. The van der Waals surface area contributed by atoms with Crippen molar-refractivity contribution in [3.05, 3.63) is 53.7 Å². The van der Waals surface area contributed by atoms with E-state index in [0.29, 0.717) is 6.61 Å². The van der Waals surface area contributed by atoms with Crippen LogP contribution in [0.5, 0.6) is 5.75 Å². The average molecular weight is 256 g/mol. The molecular formula is C16H20N2O. The van der Waals surface area contributed by atoms with Crippen LogP contribution in [0.3, 0.4) is 0 Å². The number of para-hydroxylation sites is 1. The van der Waals surface area contributed by atoms with Crippen molar-refractivity contribution >= 4 is 5.82 Å². The largest absolute Gasteiger partial charge is 0.489 e. The topological polar surface area (TPSA) is 34.1 Å². The van der Waals surface area contributed by atoms with E-state index in [1.807, 2.05) is 36.5 Å². The van der Waals surface area contributed by atoms with Gasteiger partial charge in [-0.1, -0.05) is 31.2 Å². The highest BCUT2D eigenvalue weighted by molar-refractivity contribution is 5.36. The normalized spacial score (nSPS) is 10.2. The van der Waals surface area contributed by atoms with Crippen LogP contribution in [0.4, 0.5) is 5.82 Å². The highest BCUT2D eigenvalue weighted by atomic mass is 16.5. The van der Waals surface area contributed by atoms with Gasteiger partial charge in [0.15, 0.2) is 0 Å². The smallest absolute Gasteiger partial charge is 0.125 e. The average Bonchev–Trinajstić information content (AvgIpc) is 2.47. The first-order valence-electron chi connectivity index (χ1n) is 6.73. The summed E-state index contributed by atoms with van der Waals surface area (Å²) in [5, 5.41) is 3.17.